The minimum Gasteiger partial charge on any atom is -0.496 e. The van der Waals surface area contributed by atoms with Gasteiger partial charge in [0.25, 0.3) is 0 Å². The molecule has 13 heavy (non-hydrogen) atoms. The van der Waals surface area contributed by atoms with Crippen molar-refractivity contribution in [3.63, 3.8) is 0 Å². The third-order valence-electron chi connectivity index (χ3n) is 2.58. The summed E-state index contributed by atoms with van der Waals surface area (Å²) in [6.45, 7) is 0. The van der Waals surface area contributed by atoms with E-state index in [9.17, 15) is 9.59 Å². The van der Waals surface area contributed by atoms with Crippen LogP contribution in [0.2, 0.25) is 0 Å². The number of carbonyl (C=O) groups is 2. The van der Waals surface area contributed by atoms with E-state index in [1.54, 1.807) is 0 Å². The SMILES string of the molecule is O=C(O)C1=COC2CCCC(=O)C12. The van der Waals surface area contributed by atoms with Crippen molar-refractivity contribution >= 4 is 11.8 Å². The fraction of sp³-hybridized carbons (Fsp3) is 0.556. The van der Waals surface area contributed by atoms with E-state index in [1.165, 1.54) is 6.26 Å². The highest BCUT2D eigenvalue weighted by atomic mass is 16.5. The quantitative estimate of drug-likeness (QED) is 0.649. The Balaban J connectivity index is 2.24. The average Bonchev–Trinajstić information content (AvgIpc) is 2.49. The topological polar surface area (TPSA) is 63.6 Å². The first kappa shape index (κ1) is 8.29. The van der Waals surface area contributed by atoms with Gasteiger partial charge in [0.2, 0.25) is 0 Å². The molecule has 1 heterocycles. The predicted molar refractivity (Wildman–Crippen MR) is 42.9 cm³/mol. The summed E-state index contributed by atoms with van der Waals surface area (Å²) in [5.41, 5.74) is 0.120. The number of ketones is 1. The molecule has 70 valence electrons. The van der Waals surface area contributed by atoms with E-state index in [2.05, 4.69) is 0 Å². The average molecular weight is 182 g/mol. The van der Waals surface area contributed by atoms with Gasteiger partial charge in [-0.2, -0.15) is 0 Å². The van der Waals surface area contributed by atoms with Crippen molar-refractivity contribution in [3.05, 3.63) is 11.8 Å². The maximum atomic E-state index is 11.4. The van der Waals surface area contributed by atoms with E-state index in [4.69, 9.17) is 9.84 Å². The van der Waals surface area contributed by atoms with Crippen molar-refractivity contribution in [1.82, 2.24) is 0 Å². The summed E-state index contributed by atoms with van der Waals surface area (Å²) < 4.78 is 5.14. The molecule has 2 rings (SSSR count). The van der Waals surface area contributed by atoms with Crippen LogP contribution in [0.1, 0.15) is 19.3 Å². The zero-order chi connectivity index (χ0) is 9.42. The highest BCUT2D eigenvalue weighted by Crippen LogP contribution is 2.34. The molecule has 4 heteroatoms. The number of hydrogen-bond acceptors (Lipinski definition) is 3. The van der Waals surface area contributed by atoms with E-state index in [0.717, 1.165) is 12.8 Å². The molecule has 0 bridgehead atoms. The summed E-state index contributed by atoms with van der Waals surface area (Å²) in [7, 11) is 0. The minimum absolute atomic E-state index is 0.00222. The van der Waals surface area contributed by atoms with Crippen LogP contribution in [0.4, 0.5) is 0 Å². The molecular weight excluding hydrogens is 172 g/mol. The first-order valence-corrected chi connectivity index (χ1v) is 4.31. The van der Waals surface area contributed by atoms with Crippen molar-refractivity contribution in [2.24, 2.45) is 5.92 Å². The first-order chi connectivity index (χ1) is 6.20. The van der Waals surface area contributed by atoms with E-state index in [0.29, 0.717) is 6.42 Å². The molecule has 0 radical (unpaired) electrons. The number of carboxylic acids is 1. The van der Waals surface area contributed by atoms with Gasteiger partial charge in [-0.1, -0.05) is 0 Å². The number of fused-ring (bicyclic) bond motifs is 1. The Labute approximate surface area is 75.2 Å². The Morgan fingerprint density at radius 1 is 1.62 bits per heavy atom. The van der Waals surface area contributed by atoms with Crippen molar-refractivity contribution < 1.29 is 19.4 Å². The van der Waals surface area contributed by atoms with E-state index in [-0.39, 0.29) is 17.5 Å². The lowest BCUT2D eigenvalue weighted by molar-refractivity contribution is -0.136. The van der Waals surface area contributed by atoms with Crippen LogP contribution in [0.3, 0.4) is 0 Å². The van der Waals surface area contributed by atoms with Crippen LogP contribution < -0.4 is 0 Å². The van der Waals surface area contributed by atoms with Crippen molar-refractivity contribution in [2.45, 2.75) is 25.4 Å². The molecule has 2 aliphatic rings. The molecule has 2 atom stereocenters. The van der Waals surface area contributed by atoms with Gasteiger partial charge in [-0.25, -0.2) is 4.79 Å². The predicted octanol–water partition coefficient (Wildman–Crippen LogP) is 0.723. The van der Waals surface area contributed by atoms with Gasteiger partial charge in [0.15, 0.2) is 0 Å². The molecule has 0 aromatic carbocycles. The highest BCUT2D eigenvalue weighted by molar-refractivity contribution is 5.98. The van der Waals surface area contributed by atoms with Crippen molar-refractivity contribution in [3.8, 4) is 0 Å². The molecule has 2 unspecified atom stereocenters. The second kappa shape index (κ2) is 2.87. The molecular formula is C9H10O4. The number of hydrogen-bond donors (Lipinski definition) is 1. The molecule has 4 nitrogen and oxygen atoms in total. The molecule has 1 N–H and O–H groups in total. The largest absolute Gasteiger partial charge is 0.496 e. The first-order valence-electron chi connectivity index (χ1n) is 4.31. The van der Waals surface area contributed by atoms with Gasteiger partial charge in [-0.05, 0) is 12.8 Å². The number of carbonyl (C=O) groups excluding carboxylic acids is 1. The van der Waals surface area contributed by atoms with E-state index in [1.807, 2.05) is 0 Å². The number of ether oxygens (including phenoxy) is 1. The van der Waals surface area contributed by atoms with E-state index < -0.39 is 11.9 Å². The summed E-state index contributed by atoms with van der Waals surface area (Å²) in [6, 6.07) is 0. The number of Topliss-reactive ketones (excluding diaryl/α,β-unsaturated/α-hetero) is 1. The second-order valence-corrected chi connectivity index (χ2v) is 3.39. The molecule has 1 saturated carbocycles. The van der Waals surface area contributed by atoms with Crippen molar-refractivity contribution in [1.29, 1.82) is 0 Å². The van der Waals surface area contributed by atoms with Gasteiger partial charge in [0.05, 0.1) is 17.8 Å². The maximum Gasteiger partial charge on any atom is 0.335 e. The number of carboxylic acid groups (broad SMARTS) is 1. The fourth-order valence-electron chi connectivity index (χ4n) is 1.94. The number of rotatable bonds is 1. The summed E-state index contributed by atoms with van der Waals surface area (Å²) in [5, 5.41) is 8.77. The zero-order valence-electron chi connectivity index (χ0n) is 7.03. The Bertz CT molecular complexity index is 292. The van der Waals surface area contributed by atoms with Crippen LogP contribution in [0, 0.1) is 5.92 Å². The Morgan fingerprint density at radius 3 is 3.08 bits per heavy atom. The van der Waals surface area contributed by atoms with Crippen molar-refractivity contribution in [2.75, 3.05) is 0 Å². The lowest BCUT2D eigenvalue weighted by Gasteiger charge is -2.23. The third kappa shape index (κ3) is 1.22. The van der Waals surface area contributed by atoms with Gasteiger partial charge in [-0.15, -0.1) is 0 Å². The molecule has 1 aliphatic heterocycles. The van der Waals surface area contributed by atoms with E-state index >= 15 is 0 Å². The van der Waals surface area contributed by atoms with Crippen LogP contribution >= 0.6 is 0 Å². The van der Waals surface area contributed by atoms with Crippen LogP contribution in [-0.4, -0.2) is 23.0 Å². The third-order valence-corrected chi connectivity index (χ3v) is 2.58. The fourth-order valence-corrected chi connectivity index (χ4v) is 1.94. The number of aliphatic carboxylic acids is 1. The standard InChI is InChI=1S/C9H10O4/c10-6-2-1-3-7-8(6)5(4-13-7)9(11)12/h4,7-8H,1-3H2,(H,11,12). The molecule has 1 aliphatic carbocycles. The smallest absolute Gasteiger partial charge is 0.335 e. The summed E-state index contributed by atoms with van der Waals surface area (Å²) >= 11 is 0. The molecule has 0 amide bonds. The molecule has 0 aromatic heterocycles. The maximum absolute atomic E-state index is 11.4. The molecule has 0 spiro atoms. The van der Waals surface area contributed by atoms with Crippen LogP contribution in [0.5, 0.6) is 0 Å². The molecule has 0 saturated heterocycles. The van der Waals surface area contributed by atoms with Gasteiger partial charge in [0, 0.05) is 6.42 Å². The lowest BCUT2D eigenvalue weighted by Crippen LogP contribution is -2.33. The van der Waals surface area contributed by atoms with Crippen LogP contribution in [-0.2, 0) is 14.3 Å². The molecule has 0 aromatic rings. The van der Waals surface area contributed by atoms with Crippen LogP contribution in [0.25, 0.3) is 0 Å². The normalized spacial score (nSPS) is 32.0. The van der Waals surface area contributed by atoms with Gasteiger partial charge in [-0.3, -0.25) is 4.79 Å². The van der Waals surface area contributed by atoms with Gasteiger partial charge < -0.3 is 9.84 Å². The van der Waals surface area contributed by atoms with Crippen LogP contribution in [0.15, 0.2) is 11.8 Å². The second-order valence-electron chi connectivity index (χ2n) is 3.39. The monoisotopic (exact) mass is 182 g/mol. The summed E-state index contributed by atoms with van der Waals surface area (Å²) in [6.07, 6.45) is 3.08. The lowest BCUT2D eigenvalue weighted by atomic mass is 9.82. The zero-order valence-corrected chi connectivity index (χ0v) is 7.03. The minimum atomic E-state index is -1.04. The Kier molecular flexibility index (Phi) is 1.83. The summed E-state index contributed by atoms with van der Waals surface area (Å²) in [4.78, 5) is 22.1. The molecule has 1 fully saturated rings. The Hall–Kier alpha value is -1.32. The Morgan fingerprint density at radius 2 is 2.38 bits per heavy atom. The highest BCUT2D eigenvalue weighted by Gasteiger charge is 2.42. The van der Waals surface area contributed by atoms with Gasteiger partial charge in [0.1, 0.15) is 11.9 Å². The van der Waals surface area contributed by atoms with Gasteiger partial charge >= 0.3 is 5.97 Å². The summed E-state index contributed by atoms with van der Waals surface area (Å²) in [5.74, 6) is -1.54.